The maximum atomic E-state index is 5.88. The summed E-state index contributed by atoms with van der Waals surface area (Å²) in [5.74, 6) is 1.72. The van der Waals surface area contributed by atoms with Crippen LogP contribution in [0.15, 0.2) is 12.1 Å². The summed E-state index contributed by atoms with van der Waals surface area (Å²) < 4.78 is 0. The highest BCUT2D eigenvalue weighted by Gasteiger charge is 2.35. The average Bonchev–Trinajstić information content (AvgIpc) is 2.46. The van der Waals surface area contributed by atoms with Crippen molar-refractivity contribution in [2.45, 2.75) is 32.2 Å². The number of hydrogen-bond acceptors (Lipinski definition) is 4. The maximum Gasteiger partial charge on any atom is 0.139 e. The standard InChI is InChI=1S/C16H24N4S/c1-11-5-6-13(15(17)21)16(18-11)20-9-7-14-12(10-20)4-3-8-19(14)2/h5-6,12,14H,3-4,7-10H2,1-2H3,(H2,17,21). The van der Waals surface area contributed by atoms with Crippen LogP contribution in [0.2, 0.25) is 0 Å². The number of nitrogens with two attached hydrogens (primary N) is 1. The largest absolute Gasteiger partial charge is 0.389 e. The van der Waals surface area contributed by atoms with Crippen molar-refractivity contribution in [3.63, 3.8) is 0 Å². The van der Waals surface area contributed by atoms with Gasteiger partial charge in [0.25, 0.3) is 0 Å². The van der Waals surface area contributed by atoms with Gasteiger partial charge in [0.15, 0.2) is 0 Å². The molecule has 0 aromatic carbocycles. The molecule has 114 valence electrons. The fourth-order valence-electron chi connectivity index (χ4n) is 3.82. The Kier molecular flexibility index (Phi) is 4.13. The van der Waals surface area contributed by atoms with Crippen molar-refractivity contribution in [3.8, 4) is 0 Å². The minimum Gasteiger partial charge on any atom is -0.389 e. The molecule has 3 heterocycles. The van der Waals surface area contributed by atoms with Crippen molar-refractivity contribution in [1.29, 1.82) is 0 Å². The summed E-state index contributed by atoms with van der Waals surface area (Å²) in [5.41, 5.74) is 7.82. The van der Waals surface area contributed by atoms with Crippen LogP contribution in [0, 0.1) is 12.8 Å². The summed E-state index contributed by atoms with van der Waals surface area (Å²) in [7, 11) is 2.26. The van der Waals surface area contributed by atoms with Crippen LogP contribution in [0.1, 0.15) is 30.5 Å². The quantitative estimate of drug-likeness (QED) is 0.846. The van der Waals surface area contributed by atoms with E-state index in [0.717, 1.165) is 42.1 Å². The summed E-state index contributed by atoms with van der Waals surface area (Å²) in [4.78, 5) is 10.1. The van der Waals surface area contributed by atoms with Crippen LogP contribution in [0.4, 0.5) is 5.82 Å². The van der Waals surface area contributed by atoms with Crippen molar-refractivity contribution in [2.75, 3.05) is 31.6 Å². The Morgan fingerprint density at radius 1 is 1.33 bits per heavy atom. The Balaban J connectivity index is 1.85. The van der Waals surface area contributed by atoms with Crippen molar-refractivity contribution >= 4 is 23.0 Å². The first kappa shape index (κ1) is 14.7. The number of thiocarbonyl (C=S) groups is 1. The lowest BCUT2D eigenvalue weighted by Crippen LogP contribution is -2.53. The zero-order valence-electron chi connectivity index (χ0n) is 12.9. The highest BCUT2D eigenvalue weighted by Crippen LogP contribution is 2.32. The van der Waals surface area contributed by atoms with E-state index < -0.39 is 0 Å². The van der Waals surface area contributed by atoms with Gasteiger partial charge in [-0.05, 0) is 57.8 Å². The third-order valence-corrected chi connectivity index (χ3v) is 5.14. The highest BCUT2D eigenvalue weighted by atomic mass is 32.1. The maximum absolute atomic E-state index is 5.88. The molecule has 0 spiro atoms. The van der Waals surface area contributed by atoms with E-state index in [2.05, 4.69) is 16.8 Å². The van der Waals surface area contributed by atoms with Crippen LogP contribution in [-0.2, 0) is 0 Å². The molecular weight excluding hydrogens is 280 g/mol. The third-order valence-electron chi connectivity index (χ3n) is 4.93. The van der Waals surface area contributed by atoms with Gasteiger partial charge in [0.1, 0.15) is 10.8 Å². The summed E-state index contributed by atoms with van der Waals surface area (Å²) in [6.45, 7) is 5.37. The summed E-state index contributed by atoms with van der Waals surface area (Å²) >= 11 is 5.20. The van der Waals surface area contributed by atoms with Crippen LogP contribution >= 0.6 is 12.2 Å². The van der Waals surface area contributed by atoms with E-state index in [1.54, 1.807) is 0 Å². The Morgan fingerprint density at radius 2 is 2.14 bits per heavy atom. The van der Waals surface area contributed by atoms with Gasteiger partial charge in [0.05, 0.1) is 5.56 Å². The van der Waals surface area contributed by atoms with E-state index in [0.29, 0.717) is 4.99 Å². The minimum absolute atomic E-state index is 0.445. The van der Waals surface area contributed by atoms with Crippen LogP contribution < -0.4 is 10.6 Å². The number of aromatic nitrogens is 1. The van der Waals surface area contributed by atoms with Gasteiger partial charge in [-0.25, -0.2) is 4.98 Å². The molecule has 21 heavy (non-hydrogen) atoms. The van der Waals surface area contributed by atoms with Gasteiger partial charge in [-0.1, -0.05) is 12.2 Å². The van der Waals surface area contributed by atoms with Crippen molar-refractivity contribution in [2.24, 2.45) is 11.7 Å². The molecule has 2 unspecified atom stereocenters. The van der Waals surface area contributed by atoms with Gasteiger partial charge in [-0.3, -0.25) is 0 Å². The Labute approximate surface area is 132 Å². The number of fused-ring (bicyclic) bond motifs is 1. The fourth-order valence-corrected chi connectivity index (χ4v) is 3.98. The first-order chi connectivity index (χ1) is 10.1. The fraction of sp³-hybridized carbons (Fsp3) is 0.625. The monoisotopic (exact) mass is 304 g/mol. The van der Waals surface area contributed by atoms with Crippen molar-refractivity contribution < 1.29 is 0 Å². The molecule has 1 aromatic heterocycles. The molecule has 4 nitrogen and oxygen atoms in total. The predicted molar refractivity (Wildman–Crippen MR) is 90.8 cm³/mol. The molecule has 2 saturated heterocycles. The lowest BCUT2D eigenvalue weighted by molar-refractivity contribution is 0.102. The third kappa shape index (κ3) is 2.90. The van der Waals surface area contributed by atoms with Gasteiger partial charge < -0.3 is 15.5 Å². The van der Waals surface area contributed by atoms with E-state index in [9.17, 15) is 0 Å². The molecule has 0 bridgehead atoms. The second-order valence-corrected chi connectivity index (χ2v) is 6.81. The number of piperidine rings is 2. The molecule has 2 N–H and O–H groups in total. The molecule has 5 heteroatoms. The number of aryl methyl sites for hydroxylation is 1. The lowest BCUT2D eigenvalue weighted by Gasteiger charge is -2.46. The Hall–Kier alpha value is -1.20. The van der Waals surface area contributed by atoms with E-state index >= 15 is 0 Å². The number of hydrogen-bond donors (Lipinski definition) is 1. The van der Waals surface area contributed by atoms with E-state index in [4.69, 9.17) is 22.9 Å². The zero-order valence-corrected chi connectivity index (χ0v) is 13.7. The molecule has 0 amide bonds. The van der Waals surface area contributed by atoms with Gasteiger partial charge in [-0.15, -0.1) is 0 Å². The molecule has 0 aliphatic carbocycles. The number of anilines is 1. The molecular formula is C16H24N4S. The van der Waals surface area contributed by atoms with E-state index in [1.807, 2.05) is 19.1 Å². The normalized spacial score (nSPS) is 26.5. The molecule has 0 radical (unpaired) electrons. The van der Waals surface area contributed by atoms with Gasteiger partial charge in [-0.2, -0.15) is 0 Å². The van der Waals surface area contributed by atoms with Crippen molar-refractivity contribution in [3.05, 3.63) is 23.4 Å². The molecule has 2 atom stereocenters. The Bertz CT molecular complexity index is 545. The molecule has 2 fully saturated rings. The summed E-state index contributed by atoms with van der Waals surface area (Å²) in [5, 5.41) is 0. The first-order valence-corrected chi connectivity index (χ1v) is 8.19. The topological polar surface area (TPSA) is 45.4 Å². The van der Waals surface area contributed by atoms with Crippen LogP contribution in [0.3, 0.4) is 0 Å². The van der Waals surface area contributed by atoms with E-state index in [-0.39, 0.29) is 0 Å². The predicted octanol–water partition coefficient (Wildman–Crippen LogP) is 1.94. The van der Waals surface area contributed by atoms with Crippen molar-refractivity contribution in [1.82, 2.24) is 9.88 Å². The van der Waals surface area contributed by atoms with Gasteiger partial charge in [0.2, 0.25) is 0 Å². The molecule has 2 aliphatic heterocycles. The Morgan fingerprint density at radius 3 is 2.90 bits per heavy atom. The highest BCUT2D eigenvalue weighted by molar-refractivity contribution is 7.80. The molecule has 1 aromatic rings. The number of pyridine rings is 1. The minimum atomic E-state index is 0.445. The number of nitrogens with zero attached hydrogens (tertiary/aromatic N) is 3. The second kappa shape index (κ2) is 5.89. The van der Waals surface area contributed by atoms with Crippen LogP contribution in [0.5, 0.6) is 0 Å². The van der Waals surface area contributed by atoms with Crippen LogP contribution in [0.25, 0.3) is 0 Å². The first-order valence-electron chi connectivity index (χ1n) is 7.79. The molecule has 3 rings (SSSR count). The number of rotatable bonds is 2. The van der Waals surface area contributed by atoms with E-state index in [1.165, 1.54) is 25.8 Å². The lowest BCUT2D eigenvalue weighted by atomic mass is 9.84. The van der Waals surface area contributed by atoms with Crippen LogP contribution in [-0.4, -0.2) is 47.6 Å². The van der Waals surface area contributed by atoms with Gasteiger partial charge in [0, 0.05) is 24.8 Å². The second-order valence-electron chi connectivity index (χ2n) is 6.37. The zero-order chi connectivity index (χ0) is 15.0. The summed E-state index contributed by atoms with van der Waals surface area (Å²) in [6.07, 6.45) is 3.82. The molecule has 2 aliphatic rings. The SMILES string of the molecule is Cc1ccc(C(N)=S)c(N2CCC3C(CCCN3C)C2)n1. The smallest absolute Gasteiger partial charge is 0.139 e. The van der Waals surface area contributed by atoms with Gasteiger partial charge >= 0.3 is 0 Å². The number of likely N-dealkylation sites (tertiary alicyclic amines) is 1. The molecule has 0 saturated carbocycles. The summed E-state index contributed by atoms with van der Waals surface area (Å²) in [6, 6.07) is 4.73. The average molecular weight is 304 g/mol.